The van der Waals surface area contributed by atoms with E-state index in [1.807, 2.05) is 0 Å². The summed E-state index contributed by atoms with van der Waals surface area (Å²) in [6, 6.07) is 0. The zero-order valence-electron chi connectivity index (χ0n) is 10.4. The molecule has 92 valence electrons. The van der Waals surface area contributed by atoms with Crippen molar-refractivity contribution in [2.24, 2.45) is 5.92 Å². The van der Waals surface area contributed by atoms with E-state index < -0.39 is 0 Å². The van der Waals surface area contributed by atoms with Crippen LogP contribution in [0.1, 0.15) is 44.2 Å². The predicted molar refractivity (Wildman–Crippen MR) is 69.0 cm³/mol. The summed E-state index contributed by atoms with van der Waals surface area (Å²) < 4.78 is 0. The highest BCUT2D eigenvalue weighted by atomic mass is 15.3. The van der Waals surface area contributed by atoms with Gasteiger partial charge in [0, 0.05) is 19.0 Å². The largest absolute Gasteiger partial charge is 0.396 e. The zero-order chi connectivity index (χ0) is 11.8. The van der Waals surface area contributed by atoms with Crippen molar-refractivity contribution < 1.29 is 0 Å². The smallest absolute Gasteiger partial charge is 0.225 e. The average molecular weight is 232 g/mol. The number of piperidine rings is 1. The van der Waals surface area contributed by atoms with Crippen molar-refractivity contribution in [3.63, 3.8) is 0 Å². The van der Waals surface area contributed by atoms with Crippen LogP contribution in [-0.4, -0.2) is 23.1 Å². The van der Waals surface area contributed by atoms with Crippen molar-refractivity contribution >= 4 is 11.6 Å². The Hall–Kier alpha value is -1.32. The van der Waals surface area contributed by atoms with Crippen LogP contribution in [0.2, 0.25) is 0 Å². The Morgan fingerprint density at radius 1 is 1.35 bits per heavy atom. The summed E-state index contributed by atoms with van der Waals surface area (Å²) in [5.41, 5.74) is 7.79. The lowest BCUT2D eigenvalue weighted by molar-refractivity contribution is 0.441. The summed E-state index contributed by atoms with van der Waals surface area (Å²) in [5.74, 6) is 2.22. The van der Waals surface area contributed by atoms with Crippen molar-refractivity contribution in [2.75, 3.05) is 23.7 Å². The van der Waals surface area contributed by atoms with Gasteiger partial charge in [0.2, 0.25) is 5.95 Å². The van der Waals surface area contributed by atoms with Crippen LogP contribution in [0.4, 0.5) is 11.6 Å². The van der Waals surface area contributed by atoms with Gasteiger partial charge in [0.15, 0.2) is 0 Å². The van der Waals surface area contributed by atoms with Crippen LogP contribution in [0.15, 0.2) is 6.20 Å². The van der Waals surface area contributed by atoms with Crippen molar-refractivity contribution in [3.05, 3.63) is 11.9 Å². The van der Waals surface area contributed by atoms with Crippen LogP contribution in [0, 0.1) is 5.92 Å². The van der Waals surface area contributed by atoms with Gasteiger partial charge in [-0.3, -0.25) is 0 Å². The third-order valence-electron chi connectivity index (χ3n) is 3.74. The SMILES string of the molecule is CC1CCCN(c2ncc(N)c(C3CC3)n2)C1. The maximum atomic E-state index is 5.94. The molecule has 0 aromatic carbocycles. The molecule has 1 saturated heterocycles. The van der Waals surface area contributed by atoms with Crippen LogP contribution in [-0.2, 0) is 0 Å². The van der Waals surface area contributed by atoms with E-state index in [9.17, 15) is 0 Å². The minimum Gasteiger partial charge on any atom is -0.396 e. The second-order valence-electron chi connectivity index (χ2n) is 5.48. The van der Waals surface area contributed by atoms with E-state index in [4.69, 9.17) is 5.73 Å². The summed E-state index contributed by atoms with van der Waals surface area (Å²) in [7, 11) is 0. The highest BCUT2D eigenvalue weighted by molar-refractivity contribution is 5.48. The van der Waals surface area contributed by atoms with Gasteiger partial charge >= 0.3 is 0 Å². The summed E-state index contributed by atoms with van der Waals surface area (Å²) in [5, 5.41) is 0. The second-order valence-corrected chi connectivity index (χ2v) is 5.48. The molecule has 1 aromatic heterocycles. The topological polar surface area (TPSA) is 55.0 Å². The number of hydrogen-bond donors (Lipinski definition) is 1. The number of nitrogens with zero attached hydrogens (tertiary/aromatic N) is 3. The monoisotopic (exact) mass is 232 g/mol. The number of nitrogen functional groups attached to an aromatic ring is 1. The predicted octanol–water partition coefficient (Wildman–Crippen LogP) is 2.17. The van der Waals surface area contributed by atoms with E-state index in [1.165, 1.54) is 25.7 Å². The van der Waals surface area contributed by atoms with E-state index >= 15 is 0 Å². The quantitative estimate of drug-likeness (QED) is 0.849. The van der Waals surface area contributed by atoms with Gasteiger partial charge < -0.3 is 10.6 Å². The fraction of sp³-hybridized carbons (Fsp3) is 0.692. The van der Waals surface area contributed by atoms with Gasteiger partial charge in [-0.15, -0.1) is 0 Å². The van der Waals surface area contributed by atoms with Gasteiger partial charge in [-0.2, -0.15) is 0 Å². The molecule has 1 unspecified atom stereocenters. The first kappa shape index (κ1) is 10.8. The van der Waals surface area contributed by atoms with Crippen LogP contribution in [0.3, 0.4) is 0 Å². The Morgan fingerprint density at radius 3 is 2.88 bits per heavy atom. The highest BCUT2D eigenvalue weighted by Crippen LogP contribution is 2.41. The Bertz CT molecular complexity index is 414. The molecule has 17 heavy (non-hydrogen) atoms. The molecule has 2 N–H and O–H groups in total. The Balaban J connectivity index is 1.84. The number of nitrogens with two attached hydrogens (primary N) is 1. The molecular formula is C13H20N4. The maximum Gasteiger partial charge on any atom is 0.225 e. The molecule has 1 aromatic rings. The Kier molecular flexibility index (Phi) is 2.65. The van der Waals surface area contributed by atoms with Crippen LogP contribution >= 0.6 is 0 Å². The van der Waals surface area contributed by atoms with Gasteiger partial charge in [0.25, 0.3) is 0 Å². The molecule has 1 aliphatic heterocycles. The third kappa shape index (κ3) is 2.21. The molecule has 1 saturated carbocycles. The van der Waals surface area contributed by atoms with Crippen LogP contribution in [0.5, 0.6) is 0 Å². The Morgan fingerprint density at radius 2 is 2.18 bits per heavy atom. The molecule has 0 bridgehead atoms. The molecule has 1 aliphatic carbocycles. The molecule has 4 heteroatoms. The lowest BCUT2D eigenvalue weighted by Crippen LogP contribution is -2.35. The molecule has 2 heterocycles. The molecule has 2 fully saturated rings. The van der Waals surface area contributed by atoms with E-state index in [0.29, 0.717) is 5.92 Å². The summed E-state index contributed by atoms with van der Waals surface area (Å²) >= 11 is 0. The lowest BCUT2D eigenvalue weighted by Gasteiger charge is -2.31. The Labute approximate surface area is 102 Å². The molecule has 3 rings (SSSR count). The van der Waals surface area contributed by atoms with Crippen LogP contribution < -0.4 is 10.6 Å². The molecule has 4 nitrogen and oxygen atoms in total. The zero-order valence-corrected chi connectivity index (χ0v) is 10.4. The van der Waals surface area contributed by atoms with E-state index in [-0.39, 0.29) is 0 Å². The van der Waals surface area contributed by atoms with E-state index in [0.717, 1.165) is 36.3 Å². The molecule has 0 radical (unpaired) electrons. The van der Waals surface area contributed by atoms with Gasteiger partial charge in [0.05, 0.1) is 17.6 Å². The molecule has 0 spiro atoms. The van der Waals surface area contributed by atoms with Crippen molar-refractivity contribution in [3.8, 4) is 0 Å². The average Bonchev–Trinajstić information content (AvgIpc) is 3.14. The minimum absolute atomic E-state index is 0.596. The van der Waals surface area contributed by atoms with Gasteiger partial charge in [0.1, 0.15) is 0 Å². The highest BCUT2D eigenvalue weighted by Gasteiger charge is 2.28. The molecule has 0 amide bonds. The number of hydrogen-bond acceptors (Lipinski definition) is 4. The molecule has 2 aliphatic rings. The maximum absolute atomic E-state index is 5.94. The minimum atomic E-state index is 0.596. The molecule has 1 atom stereocenters. The summed E-state index contributed by atoms with van der Waals surface area (Å²) in [6.45, 7) is 4.46. The third-order valence-corrected chi connectivity index (χ3v) is 3.74. The number of aromatic nitrogens is 2. The van der Waals surface area contributed by atoms with Crippen molar-refractivity contribution in [1.82, 2.24) is 9.97 Å². The van der Waals surface area contributed by atoms with Crippen molar-refractivity contribution in [1.29, 1.82) is 0 Å². The summed E-state index contributed by atoms with van der Waals surface area (Å²) in [4.78, 5) is 11.4. The summed E-state index contributed by atoms with van der Waals surface area (Å²) in [6.07, 6.45) is 6.82. The first-order valence-corrected chi connectivity index (χ1v) is 6.61. The first-order chi connectivity index (χ1) is 8.24. The van der Waals surface area contributed by atoms with Gasteiger partial charge in [-0.1, -0.05) is 6.92 Å². The first-order valence-electron chi connectivity index (χ1n) is 6.61. The molecular weight excluding hydrogens is 212 g/mol. The normalized spacial score (nSPS) is 25.0. The van der Waals surface area contributed by atoms with Crippen molar-refractivity contribution in [2.45, 2.75) is 38.5 Å². The van der Waals surface area contributed by atoms with E-state index in [1.54, 1.807) is 6.20 Å². The van der Waals surface area contributed by atoms with E-state index in [2.05, 4.69) is 21.8 Å². The fourth-order valence-electron chi connectivity index (χ4n) is 2.60. The second kappa shape index (κ2) is 4.17. The number of anilines is 2. The standard InChI is InChI=1S/C13H20N4/c1-9-3-2-6-17(8-9)13-15-7-11(14)12(16-13)10-4-5-10/h7,9-10H,2-6,8,14H2,1H3. The lowest BCUT2D eigenvalue weighted by atomic mass is 10.0. The number of rotatable bonds is 2. The fourth-order valence-corrected chi connectivity index (χ4v) is 2.60. The van der Waals surface area contributed by atoms with Crippen LogP contribution in [0.25, 0.3) is 0 Å². The van der Waals surface area contributed by atoms with Gasteiger partial charge in [-0.05, 0) is 31.6 Å². The van der Waals surface area contributed by atoms with Gasteiger partial charge in [-0.25, -0.2) is 9.97 Å².